The highest BCUT2D eigenvalue weighted by Crippen LogP contribution is 2.83. The molecule has 4 saturated carbocycles. The number of Topliss-reactive ketones (excluding diaryl/α,β-unsaturated/α-hetero) is 1. The summed E-state index contributed by atoms with van der Waals surface area (Å²) >= 11 is 1.84. The smallest absolute Gasteiger partial charge is 0.159 e. The molecule has 0 aliphatic heterocycles. The summed E-state index contributed by atoms with van der Waals surface area (Å²) in [5, 5.41) is 10.1. The van der Waals surface area contributed by atoms with Crippen molar-refractivity contribution in [1.29, 1.82) is 0 Å². The van der Waals surface area contributed by atoms with E-state index in [1.54, 1.807) is 5.57 Å². The summed E-state index contributed by atoms with van der Waals surface area (Å²) in [4.78, 5) is 14.3. The largest absolute Gasteiger partial charge is 0.396 e. The molecule has 1 N–H and O–H groups in total. The van der Waals surface area contributed by atoms with Crippen LogP contribution >= 0.6 is 11.8 Å². The van der Waals surface area contributed by atoms with Gasteiger partial charge in [0.05, 0.1) is 0 Å². The third-order valence-corrected chi connectivity index (χ3v) is 11.7. The molecule has 2 nitrogen and oxygen atoms in total. The first-order chi connectivity index (χ1) is 15.0. The minimum absolute atomic E-state index is 0.347. The highest BCUT2D eigenvalue weighted by molar-refractivity contribution is 7.99. The molecule has 1 aromatic rings. The number of fused-ring (bicyclic) bond motifs is 3. The van der Waals surface area contributed by atoms with E-state index in [9.17, 15) is 9.90 Å². The lowest BCUT2D eigenvalue weighted by Gasteiger charge is -2.58. The van der Waals surface area contributed by atoms with Crippen LogP contribution in [0, 0.1) is 46.3 Å². The molecule has 0 aromatic heterocycles. The topological polar surface area (TPSA) is 37.3 Å². The average molecular weight is 437 g/mol. The lowest BCUT2D eigenvalue weighted by Crippen LogP contribution is -2.52. The monoisotopic (exact) mass is 436 g/mol. The molecule has 31 heavy (non-hydrogen) atoms. The van der Waals surface area contributed by atoms with Crippen molar-refractivity contribution in [3.63, 3.8) is 0 Å². The molecule has 1 aromatic carbocycles. The van der Waals surface area contributed by atoms with Gasteiger partial charge in [-0.1, -0.05) is 37.6 Å². The standard InChI is InChI=1S/C28H36O2S/c1-17-12-23-21(8-9-25(30)24(23)16-31-20-6-4-3-5-7-20)22-10-11-27(2)19(15-29)13-18-14-28(18,27)26(17)22/h3-7,17-19,21-22,26,29H,8-16H2,1-2H3/t17-,18-,19+,21-,22-,26-,27-,28-/m1/s1. The number of hydrogen-bond acceptors (Lipinski definition) is 3. The van der Waals surface area contributed by atoms with Gasteiger partial charge in [-0.05, 0) is 97.0 Å². The predicted molar refractivity (Wildman–Crippen MR) is 126 cm³/mol. The molecule has 8 atom stereocenters. The number of carbonyl (C=O) groups is 1. The molecule has 5 aliphatic rings. The minimum atomic E-state index is 0.347. The van der Waals surface area contributed by atoms with E-state index in [0.717, 1.165) is 42.8 Å². The highest BCUT2D eigenvalue weighted by atomic mass is 32.2. The van der Waals surface area contributed by atoms with Crippen molar-refractivity contribution >= 4 is 17.5 Å². The van der Waals surface area contributed by atoms with Gasteiger partial charge in [0.2, 0.25) is 0 Å². The van der Waals surface area contributed by atoms with E-state index in [1.165, 1.54) is 36.2 Å². The average Bonchev–Trinajstić information content (AvgIpc) is 3.43. The van der Waals surface area contributed by atoms with Crippen LogP contribution in [0.3, 0.4) is 0 Å². The molecule has 0 amide bonds. The summed E-state index contributed by atoms with van der Waals surface area (Å²) in [6.07, 6.45) is 8.23. The van der Waals surface area contributed by atoms with Crippen LogP contribution < -0.4 is 0 Å². The van der Waals surface area contributed by atoms with Crippen LogP contribution in [0.2, 0.25) is 0 Å². The highest BCUT2D eigenvalue weighted by Gasteiger charge is 2.77. The summed E-state index contributed by atoms with van der Waals surface area (Å²) in [6.45, 7) is 5.40. The van der Waals surface area contributed by atoms with Gasteiger partial charge in [0.15, 0.2) is 5.78 Å². The second-order valence-corrected chi connectivity index (χ2v) is 12.6. The summed E-state index contributed by atoms with van der Waals surface area (Å²) in [6, 6.07) is 10.6. The Morgan fingerprint density at radius 3 is 2.77 bits per heavy atom. The number of aliphatic hydroxyl groups is 1. The van der Waals surface area contributed by atoms with Gasteiger partial charge >= 0.3 is 0 Å². The van der Waals surface area contributed by atoms with Gasteiger partial charge < -0.3 is 5.11 Å². The molecule has 1 spiro atoms. The van der Waals surface area contributed by atoms with Crippen molar-refractivity contribution in [2.45, 2.75) is 63.7 Å². The SMILES string of the molecule is C[C@@H]1CC2=C(CSc3ccccc3)C(=O)CC[C@@H]2[C@H]2CC[C@]3(C)[C@H](CO)C[C@@H]4C[C@]43[C@@H]21. The zero-order chi connectivity index (χ0) is 21.4. The number of hydrogen-bond donors (Lipinski definition) is 1. The van der Waals surface area contributed by atoms with Crippen molar-refractivity contribution in [3.8, 4) is 0 Å². The van der Waals surface area contributed by atoms with Gasteiger partial charge in [-0.15, -0.1) is 11.8 Å². The third kappa shape index (κ3) is 2.78. The zero-order valence-corrected chi connectivity index (χ0v) is 19.8. The number of carbonyl (C=O) groups excluding carboxylic acids is 1. The van der Waals surface area contributed by atoms with Crippen molar-refractivity contribution in [1.82, 2.24) is 0 Å². The van der Waals surface area contributed by atoms with E-state index in [-0.39, 0.29) is 0 Å². The first kappa shape index (κ1) is 20.5. The second kappa shape index (κ2) is 7.22. The predicted octanol–water partition coefficient (Wildman–Crippen LogP) is 6.15. The number of ketones is 1. The fourth-order valence-electron chi connectivity index (χ4n) is 9.32. The van der Waals surface area contributed by atoms with Crippen LogP contribution in [0.25, 0.3) is 0 Å². The van der Waals surface area contributed by atoms with E-state index < -0.39 is 0 Å². The maximum absolute atomic E-state index is 13.0. The van der Waals surface area contributed by atoms with Crippen LogP contribution in [0.5, 0.6) is 0 Å². The van der Waals surface area contributed by atoms with Crippen LogP contribution in [-0.2, 0) is 4.79 Å². The molecule has 5 aliphatic carbocycles. The Labute approximate surface area is 191 Å². The number of aliphatic hydroxyl groups excluding tert-OH is 1. The molecule has 0 heterocycles. The van der Waals surface area contributed by atoms with E-state index >= 15 is 0 Å². The summed E-state index contributed by atoms with van der Waals surface area (Å²) < 4.78 is 0. The number of rotatable bonds is 4. The maximum Gasteiger partial charge on any atom is 0.159 e. The lowest BCUT2D eigenvalue weighted by atomic mass is 9.46. The molecule has 6 rings (SSSR count). The van der Waals surface area contributed by atoms with E-state index in [0.29, 0.717) is 41.0 Å². The number of benzene rings is 1. The normalized spacial score (nSPS) is 45.6. The molecule has 4 fully saturated rings. The van der Waals surface area contributed by atoms with Gasteiger partial charge in [-0.25, -0.2) is 0 Å². The quantitative estimate of drug-likeness (QED) is 0.576. The first-order valence-corrected chi connectivity index (χ1v) is 13.5. The van der Waals surface area contributed by atoms with Crippen LogP contribution in [-0.4, -0.2) is 23.2 Å². The molecule has 166 valence electrons. The molecular formula is C28H36O2S. The Balaban J connectivity index is 1.32. The van der Waals surface area contributed by atoms with Crippen molar-refractivity contribution in [2.75, 3.05) is 12.4 Å². The van der Waals surface area contributed by atoms with Gasteiger partial charge in [-0.3, -0.25) is 4.79 Å². The molecular weight excluding hydrogens is 400 g/mol. The molecule has 0 saturated heterocycles. The van der Waals surface area contributed by atoms with E-state index in [1.807, 2.05) is 11.8 Å². The Morgan fingerprint density at radius 2 is 2.00 bits per heavy atom. The van der Waals surface area contributed by atoms with Gasteiger partial charge in [-0.2, -0.15) is 0 Å². The Kier molecular flexibility index (Phi) is 4.78. The summed E-state index contributed by atoms with van der Waals surface area (Å²) in [5.74, 6) is 5.51. The fraction of sp³-hybridized carbons (Fsp3) is 0.679. The van der Waals surface area contributed by atoms with Crippen molar-refractivity contribution in [3.05, 3.63) is 41.5 Å². The zero-order valence-electron chi connectivity index (χ0n) is 19.0. The van der Waals surface area contributed by atoms with Gasteiger partial charge in [0.1, 0.15) is 0 Å². The first-order valence-electron chi connectivity index (χ1n) is 12.5. The summed E-state index contributed by atoms with van der Waals surface area (Å²) in [7, 11) is 0. The molecule has 0 bridgehead atoms. The van der Waals surface area contributed by atoms with Gasteiger partial charge in [0, 0.05) is 29.2 Å². The lowest BCUT2D eigenvalue weighted by molar-refractivity contribution is -0.118. The van der Waals surface area contributed by atoms with Crippen LogP contribution in [0.1, 0.15) is 58.8 Å². The van der Waals surface area contributed by atoms with E-state index in [2.05, 4.69) is 44.2 Å². The fourth-order valence-corrected chi connectivity index (χ4v) is 10.3. The molecule has 3 heteroatoms. The van der Waals surface area contributed by atoms with Crippen LogP contribution in [0.4, 0.5) is 0 Å². The van der Waals surface area contributed by atoms with Gasteiger partial charge in [0.25, 0.3) is 0 Å². The Morgan fingerprint density at radius 1 is 1.19 bits per heavy atom. The van der Waals surface area contributed by atoms with Crippen molar-refractivity contribution in [2.24, 2.45) is 46.3 Å². The number of allylic oxidation sites excluding steroid dienone is 1. The third-order valence-electron chi connectivity index (χ3n) is 10.6. The second-order valence-electron chi connectivity index (χ2n) is 11.6. The van der Waals surface area contributed by atoms with Crippen LogP contribution in [0.15, 0.2) is 46.4 Å². The van der Waals surface area contributed by atoms with Crippen molar-refractivity contribution < 1.29 is 9.90 Å². The number of thioether (sulfide) groups is 1. The molecule has 0 unspecified atom stereocenters. The Hall–Kier alpha value is -1.06. The Bertz CT molecular complexity index is 922. The summed E-state index contributed by atoms with van der Waals surface area (Å²) in [5.41, 5.74) is 3.56. The maximum atomic E-state index is 13.0. The minimum Gasteiger partial charge on any atom is -0.396 e. The molecule has 0 radical (unpaired) electrons. The van der Waals surface area contributed by atoms with E-state index in [4.69, 9.17) is 0 Å².